The highest BCUT2D eigenvalue weighted by Crippen LogP contribution is 2.39. The number of benzene rings is 2. The highest BCUT2D eigenvalue weighted by Gasteiger charge is 2.25. The fourth-order valence-electron chi connectivity index (χ4n) is 2.39. The first-order chi connectivity index (χ1) is 11.2. The molecule has 0 saturated carbocycles. The van der Waals surface area contributed by atoms with Crippen LogP contribution in [0.4, 0.5) is 0 Å². The van der Waals surface area contributed by atoms with Gasteiger partial charge < -0.3 is 5.11 Å². The highest BCUT2D eigenvalue weighted by atomic mass is 35.5. The summed E-state index contributed by atoms with van der Waals surface area (Å²) in [6.07, 6.45) is 0. The lowest BCUT2D eigenvalue weighted by Gasteiger charge is -2.27. The molecule has 25 heavy (non-hydrogen) atoms. The van der Waals surface area contributed by atoms with Crippen LogP contribution in [-0.4, -0.2) is 5.11 Å². The van der Waals surface area contributed by atoms with Crippen molar-refractivity contribution in [3.8, 4) is 5.75 Å². The molecule has 1 nitrogen and oxygen atoms in total. The molecule has 0 aliphatic rings. The van der Waals surface area contributed by atoms with Crippen LogP contribution in [0.3, 0.4) is 0 Å². The Morgan fingerprint density at radius 1 is 0.720 bits per heavy atom. The fourth-order valence-corrected chi connectivity index (χ4v) is 2.92. The smallest absolute Gasteiger partial charge is 0.123 e. The van der Waals surface area contributed by atoms with Crippen LogP contribution in [0.5, 0.6) is 5.75 Å². The molecular formula is C21H27Cl3O. The summed E-state index contributed by atoms with van der Waals surface area (Å²) in [5.41, 5.74) is 3.26. The molecule has 0 bridgehead atoms. The van der Waals surface area contributed by atoms with E-state index in [0.717, 1.165) is 11.1 Å². The Kier molecular flexibility index (Phi) is 7.27. The van der Waals surface area contributed by atoms with E-state index in [1.54, 1.807) is 18.2 Å². The molecule has 0 aromatic heterocycles. The van der Waals surface area contributed by atoms with Gasteiger partial charge in [-0.2, -0.15) is 0 Å². The van der Waals surface area contributed by atoms with E-state index >= 15 is 0 Å². The second-order valence-electron chi connectivity index (χ2n) is 8.27. The summed E-state index contributed by atoms with van der Waals surface area (Å²) >= 11 is 16.8. The Bertz CT molecular complexity index is 703. The van der Waals surface area contributed by atoms with E-state index in [2.05, 4.69) is 60.6 Å². The summed E-state index contributed by atoms with van der Waals surface area (Å²) in [5, 5.41) is 12.0. The van der Waals surface area contributed by atoms with Gasteiger partial charge in [0.2, 0.25) is 0 Å². The van der Waals surface area contributed by atoms with E-state index in [-0.39, 0.29) is 10.8 Å². The summed E-state index contributed by atoms with van der Waals surface area (Å²) in [5.74, 6) is 0.464. The van der Waals surface area contributed by atoms with Crippen molar-refractivity contribution in [2.75, 3.05) is 0 Å². The number of aromatic hydroxyl groups is 1. The van der Waals surface area contributed by atoms with Crippen LogP contribution >= 0.6 is 34.8 Å². The number of halogens is 3. The third-order valence-electron chi connectivity index (χ3n) is 3.75. The number of aryl methyl sites for hydroxylation is 1. The molecule has 2 aromatic rings. The topological polar surface area (TPSA) is 20.2 Å². The van der Waals surface area contributed by atoms with Crippen LogP contribution in [-0.2, 0) is 10.8 Å². The largest absolute Gasteiger partial charge is 0.507 e. The minimum Gasteiger partial charge on any atom is -0.507 e. The molecule has 0 unspecified atom stereocenters. The quantitative estimate of drug-likeness (QED) is 0.444. The van der Waals surface area contributed by atoms with Gasteiger partial charge in [0, 0.05) is 5.02 Å². The second-order valence-corrected chi connectivity index (χ2v) is 9.52. The van der Waals surface area contributed by atoms with Crippen molar-refractivity contribution in [3.63, 3.8) is 0 Å². The normalized spacial score (nSPS) is 11.8. The third-order valence-corrected chi connectivity index (χ3v) is 4.73. The third kappa shape index (κ3) is 6.40. The molecule has 0 radical (unpaired) electrons. The minimum absolute atomic E-state index is 0.0178. The lowest BCUT2D eigenvalue weighted by molar-refractivity contribution is 0.423. The van der Waals surface area contributed by atoms with Gasteiger partial charge in [-0.25, -0.2) is 0 Å². The maximum atomic E-state index is 10.4. The molecule has 4 heteroatoms. The summed E-state index contributed by atoms with van der Waals surface area (Å²) < 4.78 is 0. The molecule has 0 atom stereocenters. The zero-order valence-electron chi connectivity index (χ0n) is 16.0. The summed E-state index contributed by atoms with van der Waals surface area (Å²) in [4.78, 5) is 0. The Morgan fingerprint density at radius 3 is 1.48 bits per heavy atom. The molecule has 0 amide bonds. The van der Waals surface area contributed by atoms with Crippen LogP contribution in [0.25, 0.3) is 0 Å². The van der Waals surface area contributed by atoms with Crippen molar-refractivity contribution in [2.24, 2.45) is 0 Å². The standard InChI is InChI=1S/C15H24O.C6H3Cl3/c1-10-8-11(14(2,3)4)13(16)12(9-10)15(5,6)7;7-4-1-2-5(8)6(9)3-4/h8-9,16H,1-7H3;1-3H. The summed E-state index contributed by atoms with van der Waals surface area (Å²) in [6.45, 7) is 14.9. The number of hydrogen-bond donors (Lipinski definition) is 1. The van der Waals surface area contributed by atoms with Crippen molar-refractivity contribution >= 4 is 34.8 Å². The number of hydrogen-bond acceptors (Lipinski definition) is 1. The number of phenolic OH excluding ortho intramolecular Hbond substituents is 1. The van der Waals surface area contributed by atoms with Crippen molar-refractivity contribution in [2.45, 2.75) is 59.3 Å². The van der Waals surface area contributed by atoms with Crippen LogP contribution in [0, 0.1) is 6.92 Å². The van der Waals surface area contributed by atoms with Gasteiger partial charge in [0.25, 0.3) is 0 Å². The SMILES string of the molecule is Cc1cc(C(C)(C)C)c(O)c(C(C)(C)C)c1.Clc1ccc(Cl)c(Cl)c1. The van der Waals surface area contributed by atoms with Gasteiger partial charge in [-0.15, -0.1) is 0 Å². The highest BCUT2D eigenvalue weighted by molar-refractivity contribution is 6.43. The van der Waals surface area contributed by atoms with E-state index in [4.69, 9.17) is 34.8 Å². The predicted molar refractivity (Wildman–Crippen MR) is 112 cm³/mol. The summed E-state index contributed by atoms with van der Waals surface area (Å²) in [6, 6.07) is 9.13. The molecule has 138 valence electrons. The average molecular weight is 402 g/mol. The van der Waals surface area contributed by atoms with Crippen LogP contribution in [0.1, 0.15) is 58.2 Å². The molecule has 0 aliphatic heterocycles. The van der Waals surface area contributed by atoms with Crippen LogP contribution in [0.15, 0.2) is 30.3 Å². The van der Waals surface area contributed by atoms with Crippen LogP contribution < -0.4 is 0 Å². The number of rotatable bonds is 0. The van der Waals surface area contributed by atoms with E-state index in [9.17, 15) is 5.11 Å². The van der Waals surface area contributed by atoms with Crippen molar-refractivity contribution in [1.82, 2.24) is 0 Å². The molecule has 1 N–H and O–H groups in total. The van der Waals surface area contributed by atoms with Gasteiger partial charge in [0.1, 0.15) is 5.75 Å². The average Bonchev–Trinajstić information content (AvgIpc) is 2.44. The maximum Gasteiger partial charge on any atom is 0.123 e. The van der Waals surface area contributed by atoms with Gasteiger partial charge in [-0.05, 0) is 47.1 Å². The minimum atomic E-state index is -0.0178. The molecule has 0 aliphatic carbocycles. The fraction of sp³-hybridized carbons (Fsp3) is 0.429. The van der Waals surface area contributed by atoms with E-state index in [1.807, 2.05) is 0 Å². The van der Waals surface area contributed by atoms with Crippen molar-refractivity contribution < 1.29 is 5.11 Å². The van der Waals surface area contributed by atoms with E-state index in [1.165, 1.54) is 5.56 Å². The Labute approximate surface area is 166 Å². The van der Waals surface area contributed by atoms with Gasteiger partial charge in [0.05, 0.1) is 10.0 Å². The Hall–Kier alpha value is -0.890. The molecular weight excluding hydrogens is 375 g/mol. The van der Waals surface area contributed by atoms with Crippen LogP contribution in [0.2, 0.25) is 15.1 Å². The lowest BCUT2D eigenvalue weighted by atomic mass is 9.78. The van der Waals surface area contributed by atoms with Gasteiger partial charge in [-0.3, -0.25) is 0 Å². The number of phenols is 1. The Morgan fingerprint density at radius 2 is 1.16 bits per heavy atom. The van der Waals surface area contributed by atoms with Crippen molar-refractivity contribution in [3.05, 3.63) is 62.1 Å². The first kappa shape index (κ1) is 22.2. The van der Waals surface area contributed by atoms with Gasteiger partial charge in [0.15, 0.2) is 0 Å². The monoisotopic (exact) mass is 400 g/mol. The maximum absolute atomic E-state index is 10.4. The lowest BCUT2D eigenvalue weighted by Crippen LogP contribution is -2.17. The molecule has 2 rings (SSSR count). The summed E-state index contributed by atoms with van der Waals surface area (Å²) in [7, 11) is 0. The molecule has 0 saturated heterocycles. The molecule has 0 fully saturated rings. The molecule has 0 spiro atoms. The Balaban J connectivity index is 0.000000293. The van der Waals surface area contributed by atoms with Gasteiger partial charge >= 0.3 is 0 Å². The zero-order chi connectivity index (χ0) is 19.6. The molecule has 0 heterocycles. The predicted octanol–water partition coefficient (Wildman–Crippen LogP) is 7.94. The first-order valence-corrected chi connectivity index (χ1v) is 9.32. The van der Waals surface area contributed by atoms with Crippen molar-refractivity contribution in [1.29, 1.82) is 0 Å². The van der Waals surface area contributed by atoms with E-state index in [0.29, 0.717) is 20.8 Å². The first-order valence-electron chi connectivity index (χ1n) is 8.18. The molecule has 2 aromatic carbocycles. The van der Waals surface area contributed by atoms with E-state index < -0.39 is 0 Å². The second kappa shape index (κ2) is 8.20. The zero-order valence-corrected chi connectivity index (χ0v) is 18.2. The van der Waals surface area contributed by atoms with Gasteiger partial charge in [-0.1, -0.05) is 94.0 Å².